The monoisotopic (exact) mass is 697 g/mol. The zero-order valence-corrected chi connectivity index (χ0v) is 30.2. The number of rotatable bonds is 11. The van der Waals surface area contributed by atoms with E-state index < -0.39 is 35.4 Å². The average molecular weight is 698 g/mol. The number of amides is 3. The molecule has 0 aliphatic carbocycles. The summed E-state index contributed by atoms with van der Waals surface area (Å²) in [5, 5.41) is 16.9. The van der Waals surface area contributed by atoms with Crippen molar-refractivity contribution in [2.24, 2.45) is 5.73 Å². The Morgan fingerprint density at radius 2 is 1.57 bits per heavy atom. The number of anilines is 2. The summed E-state index contributed by atoms with van der Waals surface area (Å²) in [6.07, 6.45) is 2.41. The third kappa shape index (κ3) is 10.5. The largest absolute Gasteiger partial charge is 0.479 e. The van der Waals surface area contributed by atoms with Gasteiger partial charge in [0.25, 0.3) is 0 Å². The Morgan fingerprint density at radius 1 is 0.882 bits per heavy atom. The molecule has 3 aromatic carbocycles. The quantitative estimate of drug-likeness (QED) is 0.132. The molecule has 0 spiro atoms. The SMILES string of the molecule is Cc1cc(C(C(=O)O)N(c2ccc3cnccc3c2)N(C(=O)OC(C)(C)C)C(=O)OC(C)(C)C)ccc1CCCC(=O)Nc1cccc(CN)c1. The van der Waals surface area contributed by atoms with E-state index in [2.05, 4.69) is 10.3 Å². The maximum Gasteiger partial charge on any atom is 0.439 e. The molecule has 0 fully saturated rings. The summed E-state index contributed by atoms with van der Waals surface area (Å²) in [5.41, 5.74) is 7.48. The van der Waals surface area contributed by atoms with Gasteiger partial charge in [-0.05, 0) is 119 Å². The number of nitrogens with zero attached hydrogens (tertiary/aromatic N) is 3. The normalized spacial score (nSPS) is 12.2. The molecule has 51 heavy (non-hydrogen) atoms. The average Bonchev–Trinajstić information content (AvgIpc) is 3.03. The predicted molar refractivity (Wildman–Crippen MR) is 196 cm³/mol. The molecule has 0 bridgehead atoms. The number of carbonyl (C=O) groups excluding carboxylic acids is 3. The lowest BCUT2D eigenvalue weighted by Gasteiger charge is -2.39. The van der Waals surface area contributed by atoms with Gasteiger partial charge in [0.2, 0.25) is 5.91 Å². The smallest absolute Gasteiger partial charge is 0.439 e. The number of hydrogen-bond acceptors (Lipinski definition) is 9. The van der Waals surface area contributed by atoms with Crippen molar-refractivity contribution in [3.8, 4) is 0 Å². The first kappa shape index (κ1) is 38.3. The van der Waals surface area contributed by atoms with Crippen molar-refractivity contribution in [2.75, 3.05) is 10.3 Å². The number of carboxylic acid groups (broad SMARTS) is 1. The third-order valence-electron chi connectivity index (χ3n) is 7.69. The number of nitrogens with two attached hydrogens (primary N) is 1. The number of ether oxygens (including phenoxy) is 2. The zero-order chi connectivity index (χ0) is 37.5. The molecule has 0 saturated carbocycles. The number of hydrazine groups is 1. The van der Waals surface area contributed by atoms with Crippen LogP contribution in [0.2, 0.25) is 0 Å². The molecule has 0 radical (unpaired) electrons. The van der Waals surface area contributed by atoms with E-state index in [1.165, 1.54) is 0 Å². The Labute approximate surface area is 298 Å². The van der Waals surface area contributed by atoms with E-state index in [0.29, 0.717) is 41.0 Å². The second-order valence-corrected chi connectivity index (χ2v) is 14.3. The van der Waals surface area contributed by atoms with Gasteiger partial charge in [-0.3, -0.25) is 14.8 Å². The summed E-state index contributed by atoms with van der Waals surface area (Å²) in [6, 6.07) is 17.7. The van der Waals surface area contributed by atoms with E-state index in [0.717, 1.165) is 27.1 Å². The summed E-state index contributed by atoms with van der Waals surface area (Å²) < 4.78 is 11.3. The van der Waals surface area contributed by atoms with Gasteiger partial charge in [0.05, 0.1) is 5.69 Å². The third-order valence-corrected chi connectivity index (χ3v) is 7.69. The van der Waals surface area contributed by atoms with Gasteiger partial charge in [-0.15, -0.1) is 5.01 Å². The molecule has 0 aliphatic heterocycles. The van der Waals surface area contributed by atoms with Crippen LogP contribution >= 0.6 is 0 Å². The van der Waals surface area contributed by atoms with Crippen LogP contribution in [0.1, 0.15) is 82.7 Å². The lowest BCUT2D eigenvalue weighted by molar-refractivity contribution is -0.139. The second-order valence-electron chi connectivity index (χ2n) is 14.3. The minimum atomic E-state index is -1.58. The lowest BCUT2D eigenvalue weighted by atomic mass is 9.96. The molecule has 1 aromatic heterocycles. The molecule has 12 heteroatoms. The number of benzene rings is 3. The summed E-state index contributed by atoms with van der Waals surface area (Å²) in [6.45, 7) is 12.1. The molecule has 4 N–H and O–H groups in total. The van der Waals surface area contributed by atoms with Crippen LogP contribution in [0, 0.1) is 6.92 Å². The maximum absolute atomic E-state index is 13.9. The number of fused-ring (bicyclic) bond motifs is 1. The highest BCUT2D eigenvalue weighted by Gasteiger charge is 2.42. The van der Waals surface area contributed by atoms with Crippen LogP contribution in [-0.4, -0.2) is 50.4 Å². The van der Waals surface area contributed by atoms with E-state index in [1.807, 2.05) is 31.2 Å². The summed E-state index contributed by atoms with van der Waals surface area (Å²) in [5.74, 6) is -1.46. The van der Waals surface area contributed by atoms with E-state index in [-0.39, 0.29) is 18.0 Å². The van der Waals surface area contributed by atoms with Crippen molar-refractivity contribution >= 4 is 46.2 Å². The van der Waals surface area contributed by atoms with Crippen molar-refractivity contribution in [3.05, 3.63) is 101 Å². The van der Waals surface area contributed by atoms with E-state index in [1.54, 1.807) is 96.4 Å². The molecule has 12 nitrogen and oxygen atoms in total. The topological polar surface area (TPSA) is 164 Å². The van der Waals surface area contributed by atoms with Gasteiger partial charge in [-0.1, -0.05) is 36.4 Å². The standard InChI is InChI=1S/C39H47N5O7/c1-25-20-29(15-14-27(25)11-9-13-33(45)42-31-12-8-10-26(21-31)23-40)34(35(46)47)43(32-17-16-30-24-41-19-18-28(30)22-32)44(36(48)50-38(2,3)4)37(49)51-39(5,6)7/h8,10,12,14-22,24,34H,9,11,13,23,40H2,1-7H3,(H,42,45)(H,46,47). The van der Waals surface area contributed by atoms with Gasteiger partial charge in [0.15, 0.2) is 6.04 Å². The van der Waals surface area contributed by atoms with Crippen molar-refractivity contribution in [2.45, 2.75) is 91.5 Å². The van der Waals surface area contributed by atoms with E-state index >= 15 is 0 Å². The highest BCUT2D eigenvalue weighted by atomic mass is 16.6. The Morgan fingerprint density at radius 3 is 2.18 bits per heavy atom. The van der Waals surface area contributed by atoms with Crippen molar-refractivity contribution < 1.29 is 33.8 Å². The number of nitrogens with one attached hydrogen (secondary N) is 1. The van der Waals surface area contributed by atoms with Crippen LogP contribution in [0.25, 0.3) is 10.8 Å². The van der Waals surface area contributed by atoms with Crippen LogP contribution in [0.3, 0.4) is 0 Å². The van der Waals surface area contributed by atoms with Crippen molar-refractivity contribution in [3.63, 3.8) is 0 Å². The van der Waals surface area contributed by atoms with Crippen LogP contribution in [0.4, 0.5) is 21.0 Å². The molecular formula is C39H47N5O7. The highest BCUT2D eigenvalue weighted by molar-refractivity contribution is 5.94. The fourth-order valence-corrected chi connectivity index (χ4v) is 5.45. The molecular weight excluding hydrogens is 650 g/mol. The molecule has 3 amide bonds. The van der Waals surface area contributed by atoms with Gasteiger partial charge in [-0.25, -0.2) is 14.4 Å². The zero-order valence-electron chi connectivity index (χ0n) is 30.2. The number of carboxylic acids is 1. The lowest BCUT2D eigenvalue weighted by Crippen LogP contribution is -2.56. The Kier molecular flexibility index (Phi) is 12.0. The van der Waals surface area contributed by atoms with Gasteiger partial charge < -0.3 is 25.6 Å². The van der Waals surface area contributed by atoms with Crippen LogP contribution in [-0.2, 0) is 32.0 Å². The predicted octanol–water partition coefficient (Wildman–Crippen LogP) is 7.68. The first-order valence-corrected chi connectivity index (χ1v) is 16.8. The van der Waals surface area contributed by atoms with Gasteiger partial charge >= 0.3 is 18.2 Å². The molecule has 0 aliphatic rings. The Hall–Kier alpha value is -5.49. The van der Waals surface area contributed by atoms with Gasteiger partial charge in [-0.2, -0.15) is 0 Å². The fraction of sp³-hybridized carbons (Fsp3) is 0.359. The molecule has 0 saturated heterocycles. The highest BCUT2D eigenvalue weighted by Crippen LogP contribution is 2.34. The maximum atomic E-state index is 13.9. The summed E-state index contributed by atoms with van der Waals surface area (Å²) in [4.78, 5) is 57.9. The number of aliphatic carboxylic acids is 1. The first-order chi connectivity index (χ1) is 24.0. The first-order valence-electron chi connectivity index (χ1n) is 16.8. The van der Waals surface area contributed by atoms with Gasteiger partial charge in [0.1, 0.15) is 11.2 Å². The minimum Gasteiger partial charge on any atom is -0.479 e. The number of carbonyl (C=O) groups is 4. The van der Waals surface area contributed by atoms with Crippen LogP contribution in [0.5, 0.6) is 0 Å². The van der Waals surface area contributed by atoms with E-state index in [4.69, 9.17) is 15.2 Å². The van der Waals surface area contributed by atoms with Crippen LogP contribution in [0.15, 0.2) is 79.1 Å². The summed E-state index contributed by atoms with van der Waals surface area (Å²) >= 11 is 0. The van der Waals surface area contributed by atoms with E-state index in [9.17, 15) is 24.3 Å². The number of aromatic nitrogens is 1. The molecule has 4 aromatic rings. The Bertz CT molecular complexity index is 1870. The molecule has 1 unspecified atom stereocenters. The summed E-state index contributed by atoms with van der Waals surface area (Å²) in [7, 11) is 0. The molecule has 4 rings (SSSR count). The molecule has 1 heterocycles. The van der Waals surface area contributed by atoms with Gasteiger partial charge in [0, 0.05) is 36.4 Å². The molecule has 1 atom stereocenters. The minimum absolute atomic E-state index is 0.129. The Balaban J connectivity index is 1.70. The van der Waals surface area contributed by atoms with Crippen molar-refractivity contribution in [1.29, 1.82) is 0 Å². The fourth-order valence-electron chi connectivity index (χ4n) is 5.45. The van der Waals surface area contributed by atoms with Crippen molar-refractivity contribution in [1.82, 2.24) is 9.99 Å². The molecule has 270 valence electrons. The number of aryl methyl sites for hydroxylation is 2. The number of pyridine rings is 1. The number of imide groups is 1. The number of hydrogen-bond donors (Lipinski definition) is 3. The second kappa shape index (κ2) is 16.0. The van der Waals surface area contributed by atoms with Crippen LogP contribution < -0.4 is 16.1 Å².